The van der Waals surface area contributed by atoms with Crippen LogP contribution in [0.5, 0.6) is 0 Å². The lowest BCUT2D eigenvalue weighted by Crippen LogP contribution is -2.26. The molecule has 0 saturated heterocycles. The van der Waals surface area contributed by atoms with Crippen molar-refractivity contribution in [3.8, 4) is 0 Å². The molecule has 0 atom stereocenters. The molecule has 0 amide bonds. The number of thiophene rings is 1. The average Bonchev–Trinajstić information content (AvgIpc) is 2.72. The molecule has 0 bridgehead atoms. The Balaban J connectivity index is 2.25. The Hall–Kier alpha value is -0.950. The maximum atomic E-state index is 12.5. The van der Waals surface area contributed by atoms with Crippen LogP contribution in [0.4, 0.5) is 0 Å². The summed E-state index contributed by atoms with van der Waals surface area (Å²) >= 11 is 7.01. The number of hydrogen-bond acceptors (Lipinski definition) is 4. The van der Waals surface area contributed by atoms with Crippen LogP contribution in [0.25, 0.3) is 0 Å². The molecule has 108 valence electrons. The topological polar surface area (TPSA) is 50.3 Å². The first-order valence-electron chi connectivity index (χ1n) is 5.94. The molecule has 0 aromatic carbocycles. The van der Waals surface area contributed by atoms with Gasteiger partial charge in [-0.25, -0.2) is 13.4 Å². The van der Waals surface area contributed by atoms with Gasteiger partial charge < -0.3 is 0 Å². The summed E-state index contributed by atoms with van der Waals surface area (Å²) in [4.78, 5) is 4.94. The van der Waals surface area contributed by atoms with Gasteiger partial charge in [-0.3, -0.25) is 0 Å². The minimum absolute atomic E-state index is 0.267. The predicted octanol–water partition coefficient (Wildman–Crippen LogP) is 3.23. The minimum atomic E-state index is -3.47. The van der Waals surface area contributed by atoms with Crippen molar-refractivity contribution in [2.75, 3.05) is 7.05 Å². The highest BCUT2D eigenvalue weighted by molar-refractivity contribution is 7.91. The molecule has 0 unspecified atom stereocenters. The molecule has 2 rings (SSSR count). The fourth-order valence-electron chi connectivity index (χ4n) is 1.86. The molecule has 0 N–H and O–H groups in total. The molecule has 20 heavy (non-hydrogen) atoms. The second-order valence-electron chi connectivity index (χ2n) is 4.58. The first-order chi connectivity index (χ1) is 9.30. The molecule has 0 radical (unpaired) electrons. The third kappa shape index (κ3) is 3.20. The second kappa shape index (κ2) is 5.81. The van der Waals surface area contributed by atoms with E-state index < -0.39 is 10.0 Å². The maximum absolute atomic E-state index is 12.5. The summed E-state index contributed by atoms with van der Waals surface area (Å²) in [5.41, 5.74) is 1.58. The Kier molecular flexibility index (Phi) is 4.49. The highest BCUT2D eigenvalue weighted by Crippen LogP contribution is 2.28. The lowest BCUT2D eigenvalue weighted by molar-refractivity contribution is 0.467. The number of aryl methyl sites for hydroxylation is 2. The summed E-state index contributed by atoms with van der Waals surface area (Å²) in [6.45, 7) is 3.98. The molecule has 0 fully saturated rings. The van der Waals surface area contributed by atoms with Crippen molar-refractivity contribution >= 4 is 33.0 Å². The fourth-order valence-corrected chi connectivity index (χ4v) is 4.98. The highest BCUT2D eigenvalue weighted by Gasteiger charge is 2.25. The zero-order valence-electron chi connectivity index (χ0n) is 11.4. The van der Waals surface area contributed by atoms with Crippen molar-refractivity contribution in [1.29, 1.82) is 0 Å². The highest BCUT2D eigenvalue weighted by atomic mass is 35.5. The van der Waals surface area contributed by atoms with E-state index in [-0.39, 0.29) is 6.54 Å². The zero-order chi connectivity index (χ0) is 14.9. The van der Waals surface area contributed by atoms with E-state index in [2.05, 4.69) is 4.98 Å². The predicted molar refractivity (Wildman–Crippen MR) is 81.7 cm³/mol. The number of sulfonamides is 1. The van der Waals surface area contributed by atoms with Gasteiger partial charge >= 0.3 is 0 Å². The van der Waals surface area contributed by atoms with E-state index in [4.69, 9.17) is 11.6 Å². The number of hydrogen-bond donors (Lipinski definition) is 0. The maximum Gasteiger partial charge on any atom is 0.252 e. The van der Waals surface area contributed by atoms with Crippen LogP contribution in [-0.2, 0) is 16.6 Å². The molecule has 2 aromatic heterocycles. The van der Waals surface area contributed by atoms with Crippen molar-refractivity contribution in [3.05, 3.63) is 45.6 Å². The number of rotatable bonds is 4. The van der Waals surface area contributed by atoms with Crippen molar-refractivity contribution in [3.63, 3.8) is 0 Å². The fraction of sp³-hybridized carbons (Fsp3) is 0.308. The van der Waals surface area contributed by atoms with Gasteiger partial charge in [0.2, 0.25) is 0 Å². The van der Waals surface area contributed by atoms with E-state index in [0.717, 1.165) is 16.0 Å². The van der Waals surface area contributed by atoms with Gasteiger partial charge in [0.25, 0.3) is 10.0 Å². The van der Waals surface area contributed by atoms with Crippen LogP contribution in [0.2, 0.25) is 5.15 Å². The van der Waals surface area contributed by atoms with Gasteiger partial charge in [0.15, 0.2) is 0 Å². The van der Waals surface area contributed by atoms with Crippen LogP contribution < -0.4 is 0 Å². The largest absolute Gasteiger partial charge is 0.252 e. The Morgan fingerprint density at radius 2 is 2.05 bits per heavy atom. The van der Waals surface area contributed by atoms with Crippen LogP contribution >= 0.6 is 22.9 Å². The second-order valence-corrected chi connectivity index (χ2v) is 8.46. The van der Waals surface area contributed by atoms with Crippen LogP contribution in [0.1, 0.15) is 16.0 Å². The molecule has 0 spiro atoms. The quantitative estimate of drug-likeness (QED) is 0.809. The van der Waals surface area contributed by atoms with Crippen LogP contribution in [0.3, 0.4) is 0 Å². The van der Waals surface area contributed by atoms with E-state index in [9.17, 15) is 8.42 Å². The minimum Gasteiger partial charge on any atom is -0.244 e. The van der Waals surface area contributed by atoms with E-state index in [1.165, 1.54) is 15.6 Å². The molecule has 7 heteroatoms. The molecule has 0 saturated carbocycles. The summed E-state index contributed by atoms with van der Waals surface area (Å²) in [7, 11) is -1.90. The Morgan fingerprint density at radius 1 is 1.35 bits per heavy atom. The van der Waals surface area contributed by atoms with Crippen molar-refractivity contribution in [2.45, 2.75) is 24.6 Å². The van der Waals surface area contributed by atoms with Gasteiger partial charge in [-0.05, 0) is 37.1 Å². The van der Waals surface area contributed by atoms with Crippen molar-refractivity contribution < 1.29 is 8.42 Å². The molecule has 2 aromatic rings. The molecule has 0 aliphatic heterocycles. The van der Waals surface area contributed by atoms with Gasteiger partial charge in [-0.15, -0.1) is 11.3 Å². The lowest BCUT2D eigenvalue weighted by atomic mass is 10.3. The third-order valence-electron chi connectivity index (χ3n) is 2.83. The van der Waals surface area contributed by atoms with Gasteiger partial charge in [0.1, 0.15) is 9.36 Å². The zero-order valence-corrected chi connectivity index (χ0v) is 13.8. The number of pyridine rings is 1. The first kappa shape index (κ1) is 15.4. The Labute approximate surface area is 128 Å². The smallest absolute Gasteiger partial charge is 0.244 e. The average molecular weight is 331 g/mol. The summed E-state index contributed by atoms with van der Waals surface area (Å²) in [6.07, 6.45) is 1.58. The Bertz CT molecular complexity index is 708. The number of aromatic nitrogens is 1. The van der Waals surface area contributed by atoms with Crippen molar-refractivity contribution in [2.24, 2.45) is 0 Å². The van der Waals surface area contributed by atoms with E-state index in [0.29, 0.717) is 9.36 Å². The molecule has 4 nitrogen and oxygen atoms in total. The van der Waals surface area contributed by atoms with Gasteiger partial charge in [0.05, 0.1) is 0 Å². The molecule has 2 heterocycles. The summed E-state index contributed by atoms with van der Waals surface area (Å²) in [5, 5.41) is 0.393. The van der Waals surface area contributed by atoms with E-state index in [1.807, 2.05) is 19.9 Å². The molecule has 0 aliphatic rings. The van der Waals surface area contributed by atoms with Gasteiger partial charge in [0, 0.05) is 24.7 Å². The molecular weight excluding hydrogens is 316 g/mol. The number of nitrogens with zero attached hydrogens (tertiary/aromatic N) is 2. The summed E-state index contributed by atoms with van der Waals surface area (Å²) < 4.78 is 26.8. The summed E-state index contributed by atoms with van der Waals surface area (Å²) in [6, 6.07) is 5.31. The summed E-state index contributed by atoms with van der Waals surface area (Å²) in [5.74, 6) is 0. The molecule has 0 aliphatic carbocycles. The normalized spacial score (nSPS) is 12.1. The monoisotopic (exact) mass is 330 g/mol. The SMILES string of the molecule is Cc1cc(C)c(S(=O)(=O)N(C)Cc2ccc(Cl)nc2)s1. The van der Waals surface area contributed by atoms with Crippen molar-refractivity contribution in [1.82, 2.24) is 9.29 Å². The van der Waals surface area contributed by atoms with Crippen LogP contribution in [-0.4, -0.2) is 24.8 Å². The van der Waals surface area contributed by atoms with E-state index in [1.54, 1.807) is 25.4 Å². The van der Waals surface area contributed by atoms with E-state index >= 15 is 0 Å². The molecular formula is C13H15ClN2O2S2. The van der Waals surface area contributed by atoms with Gasteiger partial charge in [-0.2, -0.15) is 4.31 Å². The number of halogens is 1. The van der Waals surface area contributed by atoms with Crippen LogP contribution in [0.15, 0.2) is 28.6 Å². The Morgan fingerprint density at radius 3 is 2.55 bits per heavy atom. The standard InChI is InChI=1S/C13H15ClN2O2S2/c1-9-6-10(2)19-13(9)20(17,18)16(3)8-11-4-5-12(14)15-7-11/h4-7H,8H2,1-3H3. The first-order valence-corrected chi connectivity index (χ1v) is 8.58. The third-order valence-corrected chi connectivity index (χ3v) is 6.63. The lowest BCUT2D eigenvalue weighted by Gasteiger charge is -2.16. The van der Waals surface area contributed by atoms with Crippen LogP contribution in [0, 0.1) is 13.8 Å². The van der Waals surface area contributed by atoms with Gasteiger partial charge in [-0.1, -0.05) is 17.7 Å².